The monoisotopic (exact) mass is 394 g/mol. The van der Waals surface area contributed by atoms with Gasteiger partial charge in [-0.2, -0.15) is 0 Å². The van der Waals surface area contributed by atoms with E-state index in [9.17, 15) is 19.7 Å². The number of rotatable bonds is 7. The van der Waals surface area contributed by atoms with Gasteiger partial charge < -0.3 is 10.1 Å². The largest absolute Gasteiger partial charge is 0.465 e. The van der Waals surface area contributed by atoms with Crippen molar-refractivity contribution in [2.24, 2.45) is 0 Å². The van der Waals surface area contributed by atoms with Crippen molar-refractivity contribution in [2.45, 2.75) is 5.75 Å². The lowest BCUT2D eigenvalue weighted by atomic mass is 10.2. The second kappa shape index (κ2) is 9.21. The Balaban J connectivity index is 1.89. The minimum Gasteiger partial charge on any atom is -0.465 e. The van der Waals surface area contributed by atoms with Crippen LogP contribution in [0.5, 0.6) is 0 Å². The molecule has 136 valence electrons. The SMILES string of the molecule is COC(=O)c1ccc(Cl)c(NC(=O)CSCc2ccc([N+](=O)[O-])cc2)c1. The Morgan fingerprint density at radius 3 is 2.54 bits per heavy atom. The minimum absolute atomic E-state index is 0.0247. The Bertz CT molecular complexity index is 826. The molecule has 0 unspecified atom stereocenters. The molecule has 0 aliphatic carbocycles. The predicted octanol–water partition coefficient (Wildman–Crippen LogP) is 3.91. The van der Waals surface area contributed by atoms with Crippen LogP contribution in [0.2, 0.25) is 5.02 Å². The van der Waals surface area contributed by atoms with Crippen LogP contribution in [-0.4, -0.2) is 29.7 Å². The normalized spacial score (nSPS) is 10.2. The van der Waals surface area contributed by atoms with Crippen LogP contribution in [0.3, 0.4) is 0 Å². The second-order valence-corrected chi connectivity index (χ2v) is 6.54. The second-order valence-electron chi connectivity index (χ2n) is 5.15. The number of carbonyl (C=O) groups excluding carboxylic acids is 2. The van der Waals surface area contributed by atoms with E-state index in [0.717, 1.165) is 5.56 Å². The van der Waals surface area contributed by atoms with Gasteiger partial charge >= 0.3 is 5.97 Å². The average molecular weight is 395 g/mol. The summed E-state index contributed by atoms with van der Waals surface area (Å²) in [4.78, 5) is 33.7. The van der Waals surface area contributed by atoms with Gasteiger partial charge in [0.15, 0.2) is 0 Å². The molecule has 0 spiro atoms. The quantitative estimate of drug-likeness (QED) is 0.434. The number of amides is 1. The number of ether oxygens (including phenoxy) is 1. The number of nitro benzene ring substituents is 1. The van der Waals surface area contributed by atoms with Crippen molar-refractivity contribution in [2.75, 3.05) is 18.2 Å². The summed E-state index contributed by atoms with van der Waals surface area (Å²) in [7, 11) is 1.27. The van der Waals surface area contributed by atoms with Crippen molar-refractivity contribution in [3.8, 4) is 0 Å². The van der Waals surface area contributed by atoms with Crippen molar-refractivity contribution in [1.82, 2.24) is 0 Å². The van der Waals surface area contributed by atoms with Crippen LogP contribution in [0, 0.1) is 10.1 Å². The van der Waals surface area contributed by atoms with Crippen LogP contribution < -0.4 is 5.32 Å². The van der Waals surface area contributed by atoms with E-state index in [0.29, 0.717) is 16.5 Å². The van der Waals surface area contributed by atoms with E-state index in [1.807, 2.05) is 0 Å². The van der Waals surface area contributed by atoms with E-state index in [4.69, 9.17) is 11.6 Å². The number of carbonyl (C=O) groups is 2. The lowest BCUT2D eigenvalue weighted by Gasteiger charge is -2.09. The number of hydrogen-bond acceptors (Lipinski definition) is 6. The number of halogens is 1. The van der Waals surface area contributed by atoms with Crippen molar-refractivity contribution in [3.05, 3.63) is 68.7 Å². The molecule has 1 amide bonds. The average Bonchev–Trinajstić information content (AvgIpc) is 2.63. The molecule has 0 fully saturated rings. The molecule has 9 heteroatoms. The number of nitrogens with zero attached hydrogens (tertiary/aromatic N) is 1. The fourth-order valence-electron chi connectivity index (χ4n) is 2.03. The number of non-ortho nitro benzene ring substituents is 1. The minimum atomic E-state index is -0.523. The Kier molecular flexibility index (Phi) is 6.99. The van der Waals surface area contributed by atoms with Crippen molar-refractivity contribution in [1.29, 1.82) is 0 Å². The first-order valence-electron chi connectivity index (χ1n) is 7.39. The Morgan fingerprint density at radius 1 is 1.23 bits per heavy atom. The van der Waals surface area contributed by atoms with Crippen molar-refractivity contribution in [3.63, 3.8) is 0 Å². The summed E-state index contributed by atoms with van der Waals surface area (Å²) in [5.74, 6) is -0.109. The highest BCUT2D eigenvalue weighted by Crippen LogP contribution is 2.24. The van der Waals surface area contributed by atoms with Gasteiger partial charge in [0.25, 0.3) is 5.69 Å². The van der Waals surface area contributed by atoms with Crippen LogP contribution >= 0.6 is 23.4 Å². The van der Waals surface area contributed by atoms with Crippen LogP contribution in [0.1, 0.15) is 15.9 Å². The van der Waals surface area contributed by atoms with Gasteiger partial charge in [-0.05, 0) is 23.8 Å². The Labute approximate surface area is 158 Å². The Hall–Kier alpha value is -2.58. The maximum Gasteiger partial charge on any atom is 0.337 e. The van der Waals surface area contributed by atoms with Crippen LogP contribution in [0.4, 0.5) is 11.4 Å². The molecule has 2 aromatic rings. The number of hydrogen-bond donors (Lipinski definition) is 1. The molecule has 0 aliphatic heterocycles. The summed E-state index contributed by atoms with van der Waals surface area (Å²) in [6, 6.07) is 10.6. The molecule has 26 heavy (non-hydrogen) atoms. The van der Waals surface area contributed by atoms with Crippen LogP contribution in [0.25, 0.3) is 0 Å². The number of nitro groups is 1. The van der Waals surface area contributed by atoms with E-state index in [2.05, 4.69) is 10.1 Å². The fraction of sp³-hybridized carbons (Fsp3) is 0.176. The lowest BCUT2D eigenvalue weighted by molar-refractivity contribution is -0.384. The standard InChI is InChI=1S/C17H15ClN2O5S/c1-25-17(22)12-4-7-14(18)15(8-12)19-16(21)10-26-9-11-2-5-13(6-3-11)20(23)24/h2-8H,9-10H2,1H3,(H,19,21). The molecule has 0 saturated carbocycles. The first-order chi connectivity index (χ1) is 12.4. The molecule has 0 aromatic heterocycles. The van der Waals surface area contributed by atoms with Gasteiger partial charge in [0, 0.05) is 17.9 Å². The summed E-state index contributed by atoms with van der Waals surface area (Å²) in [5.41, 5.74) is 1.51. The third-order valence-corrected chi connectivity index (χ3v) is 4.64. The zero-order valence-corrected chi connectivity index (χ0v) is 15.3. The van der Waals surface area contributed by atoms with Gasteiger partial charge in [0.2, 0.25) is 5.91 Å². The molecular weight excluding hydrogens is 380 g/mol. The van der Waals surface area contributed by atoms with Crippen LogP contribution in [0.15, 0.2) is 42.5 Å². The smallest absolute Gasteiger partial charge is 0.337 e. The van der Waals surface area contributed by atoms with Gasteiger partial charge in [-0.25, -0.2) is 4.79 Å². The van der Waals surface area contributed by atoms with E-state index in [1.54, 1.807) is 12.1 Å². The third-order valence-electron chi connectivity index (χ3n) is 3.31. The topological polar surface area (TPSA) is 98.5 Å². The highest BCUT2D eigenvalue weighted by atomic mass is 35.5. The lowest BCUT2D eigenvalue weighted by Crippen LogP contribution is -2.15. The molecule has 2 aromatic carbocycles. The Morgan fingerprint density at radius 2 is 1.92 bits per heavy atom. The first-order valence-corrected chi connectivity index (χ1v) is 8.92. The zero-order chi connectivity index (χ0) is 19.1. The zero-order valence-electron chi connectivity index (χ0n) is 13.7. The number of methoxy groups -OCH3 is 1. The van der Waals surface area contributed by atoms with Gasteiger partial charge in [-0.1, -0.05) is 23.7 Å². The molecule has 0 bridgehead atoms. The molecule has 0 heterocycles. The van der Waals surface area contributed by atoms with Crippen LogP contribution in [-0.2, 0) is 15.3 Å². The van der Waals surface area contributed by atoms with Gasteiger partial charge in [0.05, 0.1) is 34.1 Å². The van der Waals surface area contributed by atoms with E-state index in [1.165, 1.54) is 49.2 Å². The fourth-order valence-corrected chi connectivity index (χ4v) is 2.98. The number of benzene rings is 2. The molecule has 0 atom stereocenters. The predicted molar refractivity (Wildman–Crippen MR) is 101 cm³/mol. The summed E-state index contributed by atoms with van der Waals surface area (Å²) in [6.07, 6.45) is 0. The molecule has 1 N–H and O–H groups in total. The number of thioether (sulfide) groups is 1. The summed E-state index contributed by atoms with van der Waals surface area (Å²) < 4.78 is 4.63. The van der Waals surface area contributed by atoms with Gasteiger partial charge in [-0.15, -0.1) is 11.8 Å². The highest BCUT2D eigenvalue weighted by molar-refractivity contribution is 7.99. The molecule has 2 rings (SSSR count). The summed E-state index contributed by atoms with van der Waals surface area (Å²) >= 11 is 7.38. The van der Waals surface area contributed by atoms with E-state index >= 15 is 0 Å². The van der Waals surface area contributed by atoms with Gasteiger partial charge in [-0.3, -0.25) is 14.9 Å². The molecule has 7 nitrogen and oxygen atoms in total. The number of nitrogens with one attached hydrogen (secondary N) is 1. The molecule has 0 saturated heterocycles. The van der Waals surface area contributed by atoms with Crippen molar-refractivity contribution < 1.29 is 19.2 Å². The first kappa shape index (κ1) is 19.7. The summed E-state index contributed by atoms with van der Waals surface area (Å²) in [6.45, 7) is 0. The number of anilines is 1. The van der Waals surface area contributed by atoms with Gasteiger partial charge in [0.1, 0.15) is 0 Å². The molecule has 0 aliphatic rings. The van der Waals surface area contributed by atoms with E-state index in [-0.39, 0.29) is 22.9 Å². The van der Waals surface area contributed by atoms with Crippen molar-refractivity contribution >= 4 is 46.6 Å². The third kappa shape index (κ3) is 5.47. The molecular formula is C17H15ClN2O5S. The highest BCUT2D eigenvalue weighted by Gasteiger charge is 2.11. The maximum atomic E-state index is 12.1. The van der Waals surface area contributed by atoms with E-state index < -0.39 is 10.9 Å². The number of esters is 1. The maximum absolute atomic E-state index is 12.1. The molecule has 0 radical (unpaired) electrons. The summed E-state index contributed by atoms with van der Waals surface area (Å²) in [5, 5.41) is 13.6.